The van der Waals surface area contributed by atoms with E-state index in [-0.39, 0.29) is 0 Å². The average molecular weight is 119 g/mol. The molecule has 0 spiro atoms. The van der Waals surface area contributed by atoms with Crippen LogP contribution in [0.15, 0.2) is 0 Å². The number of hydrogen-bond donors (Lipinski definition) is 0. The van der Waals surface area contributed by atoms with Gasteiger partial charge in [-0.05, 0) is 38.3 Å². The van der Waals surface area contributed by atoms with Gasteiger partial charge in [0.2, 0.25) is 0 Å². The van der Waals surface area contributed by atoms with E-state index in [1.807, 2.05) is 0 Å². The van der Waals surface area contributed by atoms with Crippen LogP contribution in [-0.2, 0) is 0 Å². The molecular formula is C5H8FS. The Morgan fingerprint density at radius 2 is 1.71 bits per heavy atom. The van der Waals surface area contributed by atoms with Crippen LogP contribution in [-0.4, -0.2) is 5.00 Å². The predicted octanol–water partition coefficient (Wildman–Crippen LogP) is 2.42. The minimum atomic E-state index is -1.22. The van der Waals surface area contributed by atoms with Gasteiger partial charge in [-0.3, -0.25) is 0 Å². The highest BCUT2D eigenvalue weighted by Crippen LogP contribution is 2.35. The van der Waals surface area contributed by atoms with E-state index in [1.165, 1.54) is 0 Å². The molecule has 0 bridgehead atoms. The Morgan fingerprint density at radius 1 is 1.29 bits per heavy atom. The van der Waals surface area contributed by atoms with Gasteiger partial charge in [0.05, 0.1) is 0 Å². The Morgan fingerprint density at radius 3 is 1.86 bits per heavy atom. The van der Waals surface area contributed by atoms with Crippen molar-refractivity contribution in [2.75, 3.05) is 0 Å². The van der Waals surface area contributed by atoms with Gasteiger partial charge in [0.25, 0.3) is 0 Å². The second-order valence-electron chi connectivity index (χ2n) is 2.09. The quantitative estimate of drug-likeness (QED) is 0.459. The number of halogens is 1. The molecule has 1 rings (SSSR count). The lowest BCUT2D eigenvalue weighted by Gasteiger charge is -2.05. The van der Waals surface area contributed by atoms with Gasteiger partial charge in [-0.25, -0.2) is 4.39 Å². The summed E-state index contributed by atoms with van der Waals surface area (Å²) < 4.78 is 12.4. The van der Waals surface area contributed by atoms with Gasteiger partial charge in [-0.2, -0.15) is 0 Å². The third kappa shape index (κ3) is 1.34. The van der Waals surface area contributed by atoms with Crippen molar-refractivity contribution < 1.29 is 4.39 Å². The maximum atomic E-state index is 12.4. The summed E-state index contributed by atoms with van der Waals surface area (Å²) in [5.74, 6) is 0. The standard InChI is InChI=1S/C5H8FS/c6-5(7)3-1-2-4-5/h1-4H2. The zero-order chi connectivity index (χ0) is 5.33. The number of alkyl halides is 1. The van der Waals surface area contributed by atoms with Crippen LogP contribution in [0, 0.1) is 0 Å². The van der Waals surface area contributed by atoms with Gasteiger partial charge in [0, 0.05) is 0 Å². The second-order valence-corrected chi connectivity index (χ2v) is 2.82. The Bertz CT molecular complexity index is 62.5. The predicted molar refractivity (Wildman–Crippen MR) is 29.9 cm³/mol. The summed E-state index contributed by atoms with van der Waals surface area (Å²) in [6, 6.07) is 0. The highest BCUT2D eigenvalue weighted by Gasteiger charge is 2.29. The number of rotatable bonds is 0. The van der Waals surface area contributed by atoms with Crippen molar-refractivity contribution in [1.29, 1.82) is 0 Å². The summed E-state index contributed by atoms with van der Waals surface area (Å²) in [5.41, 5.74) is 0. The van der Waals surface area contributed by atoms with E-state index in [4.69, 9.17) is 0 Å². The van der Waals surface area contributed by atoms with Crippen LogP contribution in [0.2, 0.25) is 0 Å². The van der Waals surface area contributed by atoms with Crippen LogP contribution in [0.25, 0.3) is 0 Å². The molecule has 0 aromatic heterocycles. The Kier molecular flexibility index (Phi) is 1.28. The van der Waals surface area contributed by atoms with Crippen LogP contribution in [0.3, 0.4) is 0 Å². The maximum Gasteiger partial charge on any atom is 0.166 e. The SMILES string of the molecule is FC1([S])CCCC1. The lowest BCUT2D eigenvalue weighted by atomic mass is 10.3. The largest absolute Gasteiger partial charge is 0.231 e. The molecule has 1 radical (unpaired) electrons. The second kappa shape index (κ2) is 1.66. The van der Waals surface area contributed by atoms with E-state index in [1.54, 1.807) is 0 Å². The summed E-state index contributed by atoms with van der Waals surface area (Å²) in [6.45, 7) is 0. The molecule has 1 fully saturated rings. The first kappa shape index (κ1) is 5.42. The maximum absolute atomic E-state index is 12.4. The highest BCUT2D eigenvalue weighted by molar-refractivity contribution is 7.81. The fourth-order valence-electron chi connectivity index (χ4n) is 0.903. The van der Waals surface area contributed by atoms with E-state index < -0.39 is 5.00 Å². The first-order chi connectivity index (χ1) is 3.21. The van der Waals surface area contributed by atoms with Crippen molar-refractivity contribution in [1.82, 2.24) is 0 Å². The van der Waals surface area contributed by atoms with Crippen LogP contribution in [0.4, 0.5) is 4.39 Å². The third-order valence-electron chi connectivity index (χ3n) is 1.35. The molecule has 0 aliphatic heterocycles. The smallest absolute Gasteiger partial charge is 0.166 e. The van der Waals surface area contributed by atoms with Gasteiger partial charge in [0.1, 0.15) is 0 Å². The molecule has 1 saturated carbocycles. The lowest BCUT2D eigenvalue weighted by molar-refractivity contribution is 0.301. The van der Waals surface area contributed by atoms with E-state index >= 15 is 0 Å². The molecule has 0 aromatic carbocycles. The van der Waals surface area contributed by atoms with Crippen molar-refractivity contribution in [3.8, 4) is 0 Å². The zero-order valence-corrected chi connectivity index (χ0v) is 4.93. The molecular weight excluding hydrogens is 111 g/mol. The first-order valence-corrected chi connectivity index (χ1v) is 3.01. The molecule has 0 N–H and O–H groups in total. The minimum absolute atomic E-state index is 0.600. The molecule has 41 valence electrons. The summed E-state index contributed by atoms with van der Waals surface area (Å²) in [6.07, 6.45) is 3.17. The average Bonchev–Trinajstić information content (AvgIpc) is 1.84. The van der Waals surface area contributed by atoms with Crippen LogP contribution in [0.1, 0.15) is 25.7 Å². The Hall–Kier alpha value is 0.280. The Balaban J connectivity index is 2.40. The molecule has 0 saturated heterocycles. The summed E-state index contributed by atoms with van der Waals surface area (Å²) in [7, 11) is 0. The molecule has 0 unspecified atom stereocenters. The van der Waals surface area contributed by atoms with Crippen molar-refractivity contribution in [3.63, 3.8) is 0 Å². The summed E-state index contributed by atoms with van der Waals surface area (Å²) in [4.78, 5) is 0. The van der Waals surface area contributed by atoms with Gasteiger partial charge in [-0.1, -0.05) is 0 Å². The van der Waals surface area contributed by atoms with Crippen LogP contribution in [0.5, 0.6) is 0 Å². The van der Waals surface area contributed by atoms with Crippen molar-refractivity contribution in [2.45, 2.75) is 30.7 Å². The molecule has 1 aliphatic rings. The van der Waals surface area contributed by atoms with E-state index in [2.05, 4.69) is 12.6 Å². The molecule has 0 aromatic rings. The molecule has 7 heavy (non-hydrogen) atoms. The van der Waals surface area contributed by atoms with Crippen molar-refractivity contribution in [2.24, 2.45) is 0 Å². The van der Waals surface area contributed by atoms with E-state index in [0.29, 0.717) is 12.8 Å². The normalized spacial score (nSPS) is 28.3. The van der Waals surface area contributed by atoms with E-state index in [0.717, 1.165) is 12.8 Å². The van der Waals surface area contributed by atoms with Gasteiger partial charge in [0.15, 0.2) is 5.00 Å². The van der Waals surface area contributed by atoms with Crippen LogP contribution >= 0.6 is 12.6 Å². The minimum Gasteiger partial charge on any atom is -0.231 e. The van der Waals surface area contributed by atoms with Gasteiger partial charge < -0.3 is 0 Å². The van der Waals surface area contributed by atoms with E-state index in [9.17, 15) is 4.39 Å². The highest BCUT2D eigenvalue weighted by atomic mass is 32.1. The number of hydrogen-bond acceptors (Lipinski definition) is 0. The molecule has 2 heteroatoms. The fraction of sp³-hybridized carbons (Fsp3) is 1.00. The Labute approximate surface area is 48.5 Å². The molecule has 1 aliphatic carbocycles. The summed E-state index contributed by atoms with van der Waals surface area (Å²) >= 11 is 4.54. The first-order valence-electron chi connectivity index (χ1n) is 2.60. The molecule has 0 atom stereocenters. The van der Waals surface area contributed by atoms with Crippen molar-refractivity contribution >= 4 is 12.6 Å². The molecule has 0 amide bonds. The lowest BCUT2D eigenvalue weighted by Crippen LogP contribution is -2.05. The third-order valence-corrected chi connectivity index (χ3v) is 1.76. The van der Waals surface area contributed by atoms with Crippen LogP contribution < -0.4 is 0 Å². The van der Waals surface area contributed by atoms with Crippen molar-refractivity contribution in [3.05, 3.63) is 0 Å². The fourth-order valence-corrected chi connectivity index (χ4v) is 1.19. The topological polar surface area (TPSA) is 0 Å². The summed E-state index contributed by atoms with van der Waals surface area (Å²) in [5, 5.41) is -1.22. The zero-order valence-electron chi connectivity index (χ0n) is 4.11. The molecule has 0 heterocycles. The van der Waals surface area contributed by atoms with Gasteiger partial charge in [-0.15, -0.1) is 0 Å². The molecule has 0 nitrogen and oxygen atoms in total. The van der Waals surface area contributed by atoms with Gasteiger partial charge >= 0.3 is 0 Å². The monoisotopic (exact) mass is 119 g/mol.